The van der Waals surface area contributed by atoms with Crippen LogP contribution in [0.4, 0.5) is 20.2 Å². The molecular weight excluding hydrogens is 868 g/mol. The summed E-state index contributed by atoms with van der Waals surface area (Å²) in [5.74, 6) is 0.471. The second kappa shape index (κ2) is 19.3. The van der Waals surface area contributed by atoms with Crippen molar-refractivity contribution < 1.29 is 8.78 Å². The molecule has 9 rings (SSSR count). The molecule has 65 heavy (non-hydrogen) atoms. The van der Waals surface area contributed by atoms with E-state index < -0.39 is 5.56 Å². The smallest absolute Gasteiger partial charge is 0.289 e. The lowest BCUT2D eigenvalue weighted by Gasteiger charge is -2.41. The third-order valence-electron chi connectivity index (χ3n) is 15.2. The maximum Gasteiger partial charge on any atom is 0.289 e. The van der Waals surface area contributed by atoms with Crippen LogP contribution in [0, 0.1) is 36.8 Å². The van der Waals surface area contributed by atoms with Crippen molar-refractivity contribution in [2.45, 2.75) is 77.9 Å². The van der Waals surface area contributed by atoms with Crippen LogP contribution in [0.3, 0.4) is 0 Å². The monoisotopic (exact) mass is 925 g/mol. The fourth-order valence-corrected chi connectivity index (χ4v) is 11.9. The van der Waals surface area contributed by atoms with E-state index in [1.165, 1.54) is 34.0 Å². The Bertz CT molecular complexity index is 2620. The van der Waals surface area contributed by atoms with Crippen molar-refractivity contribution in [1.82, 2.24) is 35.1 Å². The summed E-state index contributed by atoms with van der Waals surface area (Å²) in [6, 6.07) is 17.6. The van der Waals surface area contributed by atoms with Crippen molar-refractivity contribution in [2.24, 2.45) is 11.3 Å². The van der Waals surface area contributed by atoms with Crippen LogP contribution >= 0.6 is 23.2 Å². The molecule has 0 amide bonds. The van der Waals surface area contributed by atoms with E-state index in [4.69, 9.17) is 23.2 Å². The fourth-order valence-electron chi connectivity index (χ4n) is 11.4. The van der Waals surface area contributed by atoms with Crippen LogP contribution in [0.1, 0.15) is 83.4 Å². The topological polar surface area (TPSA) is 108 Å². The Morgan fingerprint density at radius 1 is 0.646 bits per heavy atom. The molecule has 0 spiro atoms. The summed E-state index contributed by atoms with van der Waals surface area (Å²) < 4.78 is 29.5. The first-order valence-electron chi connectivity index (χ1n) is 23.1. The molecule has 3 saturated heterocycles. The lowest BCUT2D eigenvalue weighted by Crippen LogP contribution is -2.47. The number of H-pyrrole nitrogens is 2. The summed E-state index contributed by atoms with van der Waals surface area (Å²) in [6.45, 7) is 17.0. The molecule has 15 heteroatoms. The van der Waals surface area contributed by atoms with E-state index in [9.17, 15) is 14.0 Å². The minimum Gasteiger partial charge on any atom is -0.366 e. The van der Waals surface area contributed by atoms with Gasteiger partial charge in [0.05, 0.1) is 23.1 Å². The van der Waals surface area contributed by atoms with Crippen LogP contribution in [0.15, 0.2) is 76.6 Å². The molecule has 4 fully saturated rings. The zero-order valence-electron chi connectivity index (χ0n) is 37.6. The first kappa shape index (κ1) is 45.5. The van der Waals surface area contributed by atoms with Gasteiger partial charge in [0.25, 0.3) is 11.1 Å². The number of aryl methyl sites for hydroxylation is 2. The molecule has 1 unspecified atom stereocenters. The van der Waals surface area contributed by atoms with Gasteiger partial charge in [0.2, 0.25) is 0 Å². The Hall–Kier alpha value is -4.66. The number of nitrogens with zero attached hydrogens (tertiary/aromatic N) is 7. The number of rotatable bonds is 11. The van der Waals surface area contributed by atoms with Crippen molar-refractivity contribution in [3.05, 3.63) is 148 Å². The SMILES string of the molecule is Cc1cc(F)ccc1CN1CCC(C2(C)C[C@H](c3cc(F)ccc3CN3CCN(c4cn[nH]c(=O)c4Cl)CC3)[C@H](c3ccc(CN4CCN(c5c(Cl)cn[nH]c5=O)CC4)c(C)c3)C2)CC1. The Labute approximate surface area is 389 Å². The molecule has 5 heterocycles. The van der Waals surface area contributed by atoms with E-state index in [1.54, 1.807) is 24.4 Å². The highest BCUT2D eigenvalue weighted by atomic mass is 35.5. The number of piperazine rings is 2. The number of anilines is 2. The summed E-state index contributed by atoms with van der Waals surface area (Å²) in [5, 5.41) is 13.3. The molecule has 0 radical (unpaired) electrons. The second-order valence-corrected chi connectivity index (χ2v) is 20.0. The van der Waals surface area contributed by atoms with Crippen LogP contribution in [0.2, 0.25) is 10.0 Å². The largest absolute Gasteiger partial charge is 0.366 e. The molecule has 3 aromatic carbocycles. The zero-order chi connectivity index (χ0) is 45.4. The molecular formula is C50H59Cl2F2N9O2. The van der Waals surface area contributed by atoms with E-state index in [-0.39, 0.29) is 39.5 Å². The van der Waals surface area contributed by atoms with Gasteiger partial charge in [0.15, 0.2) is 0 Å². The Kier molecular flexibility index (Phi) is 13.5. The Morgan fingerprint density at radius 2 is 1.18 bits per heavy atom. The van der Waals surface area contributed by atoms with Gasteiger partial charge in [-0.1, -0.05) is 60.5 Å². The molecule has 0 bridgehead atoms. The van der Waals surface area contributed by atoms with E-state index in [2.05, 4.69) is 72.0 Å². The Balaban J connectivity index is 0.942. The number of likely N-dealkylation sites (tertiary alicyclic amines) is 1. The first-order chi connectivity index (χ1) is 31.3. The maximum atomic E-state index is 15.6. The lowest BCUT2D eigenvalue weighted by molar-refractivity contribution is 0.0863. The van der Waals surface area contributed by atoms with Gasteiger partial charge in [-0.25, -0.2) is 19.0 Å². The maximum absolute atomic E-state index is 15.6. The lowest BCUT2D eigenvalue weighted by atomic mass is 9.70. The predicted octanol–water partition coefficient (Wildman–Crippen LogP) is 8.28. The van der Waals surface area contributed by atoms with E-state index in [0.29, 0.717) is 55.0 Å². The fraction of sp³-hybridized carbons (Fsp3) is 0.480. The third kappa shape index (κ3) is 9.91. The quantitative estimate of drug-likeness (QED) is 0.135. The first-order valence-corrected chi connectivity index (χ1v) is 23.8. The van der Waals surface area contributed by atoms with Gasteiger partial charge < -0.3 is 9.80 Å². The molecule has 5 aromatic rings. The average Bonchev–Trinajstić information content (AvgIpc) is 3.66. The summed E-state index contributed by atoms with van der Waals surface area (Å²) in [5.41, 5.74) is 8.83. The highest BCUT2D eigenvalue weighted by molar-refractivity contribution is 6.33. The number of benzene rings is 3. The van der Waals surface area contributed by atoms with E-state index in [0.717, 1.165) is 89.2 Å². The molecule has 3 atom stereocenters. The summed E-state index contributed by atoms with van der Waals surface area (Å²) in [4.78, 5) is 36.3. The summed E-state index contributed by atoms with van der Waals surface area (Å²) in [7, 11) is 0. The Morgan fingerprint density at radius 3 is 1.83 bits per heavy atom. The van der Waals surface area contributed by atoms with Gasteiger partial charge >= 0.3 is 0 Å². The van der Waals surface area contributed by atoms with Crippen LogP contribution < -0.4 is 20.9 Å². The van der Waals surface area contributed by atoms with Crippen LogP contribution in [0.5, 0.6) is 0 Å². The number of aromatic nitrogens is 4. The molecule has 2 N–H and O–H groups in total. The van der Waals surface area contributed by atoms with Crippen molar-refractivity contribution in [2.75, 3.05) is 75.2 Å². The van der Waals surface area contributed by atoms with Crippen molar-refractivity contribution in [3.63, 3.8) is 0 Å². The highest BCUT2D eigenvalue weighted by Gasteiger charge is 2.48. The van der Waals surface area contributed by atoms with Gasteiger partial charge in [-0.05, 0) is 139 Å². The predicted molar refractivity (Wildman–Crippen MR) is 254 cm³/mol. The highest BCUT2D eigenvalue weighted by Crippen LogP contribution is 2.60. The van der Waals surface area contributed by atoms with Crippen molar-refractivity contribution in [3.8, 4) is 0 Å². The molecule has 2 aromatic heterocycles. The average molecular weight is 927 g/mol. The minimum absolute atomic E-state index is 0.0505. The minimum atomic E-state index is -0.391. The number of aromatic amines is 2. The number of hydrogen-bond donors (Lipinski definition) is 2. The molecule has 4 aliphatic rings. The molecule has 344 valence electrons. The van der Waals surface area contributed by atoms with Crippen LogP contribution in [0.25, 0.3) is 0 Å². The number of piperidine rings is 1. The molecule has 11 nitrogen and oxygen atoms in total. The number of halogens is 4. The van der Waals surface area contributed by atoms with Crippen molar-refractivity contribution >= 4 is 34.6 Å². The zero-order valence-corrected chi connectivity index (χ0v) is 39.1. The van der Waals surface area contributed by atoms with E-state index >= 15 is 4.39 Å². The van der Waals surface area contributed by atoms with Gasteiger partial charge in [-0.3, -0.25) is 24.3 Å². The summed E-state index contributed by atoms with van der Waals surface area (Å²) in [6.07, 6.45) is 7.29. The molecule has 1 aliphatic carbocycles. The van der Waals surface area contributed by atoms with Gasteiger partial charge in [0, 0.05) is 72.0 Å². The normalized spacial score (nSPS) is 22.8. The van der Waals surface area contributed by atoms with Crippen LogP contribution in [-0.4, -0.2) is 101 Å². The van der Waals surface area contributed by atoms with E-state index in [1.807, 2.05) is 30.0 Å². The number of hydrogen-bond acceptors (Lipinski definition) is 9. The number of nitrogens with one attached hydrogen (secondary N) is 2. The standard InChI is InChI=1S/C50H59Cl2F2N9O2/c1-32-22-34(4-5-35(32)30-60-16-20-63(21-17-60)47-44(51)27-55-58-49(47)65)42-25-50(3,38-10-12-59(13-11-38)29-36-6-8-39(53)23-33(36)2)26-43(42)41-24-40(54)9-7-37(41)31-61-14-18-62(19-15-61)45-28-56-57-48(64)46(45)52/h4-9,22-24,27-28,38,42-43H,10-21,25-26,29-31H2,1-3H3,(H,57,64)(H,58,65)/t42-,43+,50?/m0/s1. The molecule has 1 saturated carbocycles. The second-order valence-electron chi connectivity index (χ2n) is 19.2. The van der Waals surface area contributed by atoms with Crippen molar-refractivity contribution in [1.29, 1.82) is 0 Å². The van der Waals surface area contributed by atoms with Crippen LogP contribution in [-0.2, 0) is 19.6 Å². The van der Waals surface area contributed by atoms with Gasteiger partial charge in [-0.15, -0.1) is 0 Å². The summed E-state index contributed by atoms with van der Waals surface area (Å²) >= 11 is 12.8. The van der Waals surface area contributed by atoms with Gasteiger partial charge in [-0.2, -0.15) is 10.2 Å². The third-order valence-corrected chi connectivity index (χ3v) is 15.8. The van der Waals surface area contributed by atoms with Gasteiger partial charge in [0.1, 0.15) is 22.3 Å². The molecule has 3 aliphatic heterocycles.